The molecule has 2 aromatic carbocycles. The van der Waals surface area contributed by atoms with Gasteiger partial charge in [0.15, 0.2) is 0 Å². The number of benzene rings is 2. The molecule has 0 saturated carbocycles. The molecule has 2 rings (SSSR count). The maximum atomic E-state index is 12.2. The maximum absolute atomic E-state index is 12.2. The molecule has 2 N–H and O–H groups in total. The van der Waals surface area contributed by atoms with Crippen molar-refractivity contribution in [2.75, 3.05) is 13.2 Å². The number of ether oxygens (including phenoxy) is 2. The van der Waals surface area contributed by atoms with Crippen LogP contribution in [0.3, 0.4) is 0 Å². The summed E-state index contributed by atoms with van der Waals surface area (Å²) in [6.07, 6.45) is 1.57. The highest BCUT2D eigenvalue weighted by Gasteiger charge is 2.09. The van der Waals surface area contributed by atoms with Crippen molar-refractivity contribution in [3.63, 3.8) is 0 Å². The van der Waals surface area contributed by atoms with Crippen molar-refractivity contribution in [3.8, 4) is 11.5 Å². The largest absolute Gasteiger partial charge is 0.494 e. The molecule has 0 fully saturated rings. The zero-order valence-corrected chi connectivity index (χ0v) is 18.6. The fraction of sp³-hybridized carbons (Fsp3) is 0.364. The normalized spacial score (nSPS) is 10.6. The van der Waals surface area contributed by atoms with Gasteiger partial charge in [-0.3, -0.25) is 20.4 Å². The average Bonchev–Trinajstić information content (AvgIpc) is 2.70. The second-order valence-corrected chi connectivity index (χ2v) is 7.93. The van der Waals surface area contributed by atoms with Crippen LogP contribution in [0.15, 0.2) is 42.5 Å². The first-order valence-corrected chi connectivity index (χ1v) is 10.5. The number of carbonyl (C=O) groups is 2. The molecular formula is C22H26Cl2N2O4. The monoisotopic (exact) mass is 452 g/mol. The maximum Gasteiger partial charge on any atom is 0.269 e. The molecular weight excluding hydrogens is 427 g/mol. The highest BCUT2D eigenvalue weighted by molar-refractivity contribution is 6.35. The van der Waals surface area contributed by atoms with E-state index in [9.17, 15) is 9.59 Å². The molecule has 8 heteroatoms. The molecule has 0 atom stereocenters. The molecule has 0 aliphatic heterocycles. The Balaban J connectivity index is 1.69. The number of amides is 2. The van der Waals surface area contributed by atoms with Gasteiger partial charge in [0.1, 0.15) is 11.5 Å². The Bertz CT molecular complexity index is 859. The highest BCUT2D eigenvalue weighted by atomic mass is 35.5. The van der Waals surface area contributed by atoms with Gasteiger partial charge in [-0.15, -0.1) is 0 Å². The zero-order chi connectivity index (χ0) is 21.9. The van der Waals surface area contributed by atoms with Gasteiger partial charge in [0, 0.05) is 17.0 Å². The van der Waals surface area contributed by atoms with Crippen molar-refractivity contribution in [2.45, 2.75) is 33.1 Å². The summed E-state index contributed by atoms with van der Waals surface area (Å²) in [6, 6.07) is 11.8. The second-order valence-electron chi connectivity index (χ2n) is 7.09. The third-order valence-electron chi connectivity index (χ3n) is 4.08. The van der Waals surface area contributed by atoms with Crippen molar-refractivity contribution in [1.29, 1.82) is 0 Å². The predicted octanol–water partition coefficient (Wildman–Crippen LogP) is 5.04. The molecule has 2 amide bonds. The molecule has 6 nitrogen and oxygen atoms in total. The lowest BCUT2D eigenvalue weighted by molar-refractivity contribution is -0.122. The molecule has 2 aromatic rings. The van der Waals surface area contributed by atoms with Crippen LogP contribution in [-0.2, 0) is 4.79 Å². The van der Waals surface area contributed by atoms with Crippen LogP contribution >= 0.6 is 23.2 Å². The molecule has 162 valence electrons. The third kappa shape index (κ3) is 8.51. The van der Waals surface area contributed by atoms with Crippen LogP contribution in [0, 0.1) is 5.92 Å². The Morgan fingerprint density at radius 3 is 2.53 bits per heavy atom. The molecule has 0 aliphatic rings. The molecule has 0 bridgehead atoms. The van der Waals surface area contributed by atoms with Gasteiger partial charge < -0.3 is 9.47 Å². The number of halogens is 2. The van der Waals surface area contributed by atoms with Crippen LogP contribution < -0.4 is 20.3 Å². The summed E-state index contributed by atoms with van der Waals surface area (Å²) >= 11 is 11.9. The lowest BCUT2D eigenvalue weighted by atomic mass is 10.1. The highest BCUT2D eigenvalue weighted by Crippen LogP contribution is 2.27. The van der Waals surface area contributed by atoms with Gasteiger partial charge >= 0.3 is 0 Å². The minimum atomic E-state index is -0.415. The molecule has 0 unspecified atom stereocenters. The van der Waals surface area contributed by atoms with Crippen LogP contribution in [-0.4, -0.2) is 25.0 Å². The zero-order valence-electron chi connectivity index (χ0n) is 17.0. The number of hydrogen-bond acceptors (Lipinski definition) is 4. The molecule has 0 spiro atoms. The molecule has 0 aromatic heterocycles. The van der Waals surface area contributed by atoms with Gasteiger partial charge in [-0.05, 0) is 55.2 Å². The molecule has 30 heavy (non-hydrogen) atoms. The van der Waals surface area contributed by atoms with Gasteiger partial charge in [-0.2, -0.15) is 0 Å². The van der Waals surface area contributed by atoms with Crippen molar-refractivity contribution in [3.05, 3.63) is 58.1 Å². The van der Waals surface area contributed by atoms with E-state index in [0.29, 0.717) is 52.7 Å². The molecule has 0 radical (unpaired) electrons. The average molecular weight is 453 g/mol. The minimum Gasteiger partial charge on any atom is -0.494 e. The summed E-state index contributed by atoms with van der Waals surface area (Å²) in [4.78, 5) is 24.2. The van der Waals surface area contributed by atoms with Crippen molar-refractivity contribution < 1.29 is 19.1 Å². The smallest absolute Gasteiger partial charge is 0.269 e. The number of rotatable bonds is 10. The van der Waals surface area contributed by atoms with E-state index >= 15 is 0 Å². The van der Waals surface area contributed by atoms with Gasteiger partial charge in [0.05, 0.1) is 18.2 Å². The van der Waals surface area contributed by atoms with E-state index < -0.39 is 5.91 Å². The summed E-state index contributed by atoms with van der Waals surface area (Å²) in [6.45, 7) is 5.13. The second kappa shape index (κ2) is 12.3. The standard InChI is InChI=1S/C22H26Cl2N2O4/c1-15(2)10-12-29-18-6-3-5-16(13-18)22(28)26-25-21(27)7-4-11-30-20-9-8-17(23)14-19(20)24/h3,5-6,8-9,13-15H,4,7,10-12H2,1-2H3,(H,25,27)(H,26,28). The Labute approximate surface area is 186 Å². The Kier molecular flexibility index (Phi) is 9.77. The van der Waals surface area contributed by atoms with Crippen LogP contribution in [0.2, 0.25) is 10.0 Å². The Morgan fingerprint density at radius 2 is 1.80 bits per heavy atom. The fourth-order valence-electron chi connectivity index (χ4n) is 2.41. The molecule has 0 saturated heterocycles. The van der Waals surface area contributed by atoms with Crippen molar-refractivity contribution >= 4 is 35.0 Å². The van der Waals surface area contributed by atoms with E-state index in [1.54, 1.807) is 42.5 Å². The van der Waals surface area contributed by atoms with E-state index in [2.05, 4.69) is 24.7 Å². The van der Waals surface area contributed by atoms with Crippen molar-refractivity contribution in [1.82, 2.24) is 10.9 Å². The summed E-state index contributed by atoms with van der Waals surface area (Å²) < 4.78 is 11.2. The van der Waals surface area contributed by atoms with Gasteiger partial charge in [-0.1, -0.05) is 43.1 Å². The van der Waals surface area contributed by atoms with Crippen molar-refractivity contribution in [2.24, 2.45) is 5.92 Å². The molecule has 0 aliphatic carbocycles. The van der Waals surface area contributed by atoms with E-state index in [1.807, 2.05) is 0 Å². The lowest BCUT2D eigenvalue weighted by Gasteiger charge is -2.11. The van der Waals surface area contributed by atoms with Gasteiger partial charge in [0.25, 0.3) is 5.91 Å². The number of hydrazine groups is 1. The molecule has 0 heterocycles. The van der Waals surface area contributed by atoms with Gasteiger partial charge in [0.2, 0.25) is 5.91 Å². The first-order valence-electron chi connectivity index (χ1n) is 9.75. The van der Waals surface area contributed by atoms with Gasteiger partial charge in [-0.25, -0.2) is 0 Å². The first kappa shape index (κ1) is 23.8. The summed E-state index contributed by atoms with van der Waals surface area (Å²) in [5, 5.41) is 0.935. The van der Waals surface area contributed by atoms with E-state index in [0.717, 1.165) is 6.42 Å². The quantitative estimate of drug-likeness (QED) is 0.391. The number of nitrogens with one attached hydrogen (secondary N) is 2. The summed E-state index contributed by atoms with van der Waals surface area (Å²) in [5.41, 5.74) is 5.20. The van der Waals surface area contributed by atoms with E-state index in [4.69, 9.17) is 32.7 Å². The topological polar surface area (TPSA) is 76.7 Å². The Hall–Kier alpha value is -2.44. The summed E-state index contributed by atoms with van der Waals surface area (Å²) in [7, 11) is 0. The van der Waals surface area contributed by atoms with E-state index in [-0.39, 0.29) is 12.3 Å². The van der Waals surface area contributed by atoms with Crippen LogP contribution in [0.4, 0.5) is 0 Å². The number of carbonyl (C=O) groups excluding carboxylic acids is 2. The SMILES string of the molecule is CC(C)CCOc1cccc(C(=O)NNC(=O)CCCOc2ccc(Cl)cc2Cl)c1. The minimum absolute atomic E-state index is 0.184. The Morgan fingerprint density at radius 1 is 1.00 bits per heavy atom. The first-order chi connectivity index (χ1) is 14.3. The van der Waals surface area contributed by atoms with E-state index in [1.165, 1.54) is 0 Å². The number of hydrogen-bond donors (Lipinski definition) is 2. The van der Waals surface area contributed by atoms with Crippen LogP contribution in [0.5, 0.6) is 11.5 Å². The predicted molar refractivity (Wildman–Crippen MR) is 118 cm³/mol. The fourth-order valence-corrected chi connectivity index (χ4v) is 2.87. The van der Waals surface area contributed by atoms with Crippen LogP contribution in [0.25, 0.3) is 0 Å². The van der Waals surface area contributed by atoms with Crippen LogP contribution in [0.1, 0.15) is 43.5 Å². The third-order valence-corrected chi connectivity index (χ3v) is 4.61. The lowest BCUT2D eigenvalue weighted by Crippen LogP contribution is -2.41. The summed E-state index contributed by atoms with van der Waals surface area (Å²) in [5.74, 6) is 0.929.